The molecule has 0 radical (unpaired) electrons. The number of halogens is 4. The van der Waals surface area contributed by atoms with Gasteiger partial charge in [0.05, 0.1) is 21.7 Å². The zero-order valence-electron chi connectivity index (χ0n) is 15.8. The second kappa shape index (κ2) is 9.03. The molecule has 0 aliphatic heterocycles. The summed E-state index contributed by atoms with van der Waals surface area (Å²) in [6.07, 6.45) is -3.12. The van der Waals surface area contributed by atoms with Crippen molar-refractivity contribution in [3.8, 4) is 21.0 Å². The van der Waals surface area contributed by atoms with E-state index in [0.29, 0.717) is 9.77 Å². The Kier molecular flexibility index (Phi) is 6.83. The summed E-state index contributed by atoms with van der Waals surface area (Å²) in [4.78, 5) is 13.8. The molecule has 30 heavy (non-hydrogen) atoms. The summed E-state index contributed by atoms with van der Waals surface area (Å²) in [6.45, 7) is 1.28. The quantitative estimate of drug-likeness (QED) is 0.410. The van der Waals surface area contributed by atoms with Crippen LogP contribution in [0.1, 0.15) is 12.6 Å². The molecular weight excluding hydrogens is 505 g/mol. The van der Waals surface area contributed by atoms with Crippen LogP contribution < -0.4 is 0 Å². The van der Waals surface area contributed by atoms with Crippen molar-refractivity contribution in [2.24, 2.45) is 0 Å². The van der Waals surface area contributed by atoms with Gasteiger partial charge in [-0.1, -0.05) is 12.1 Å². The molecule has 0 fully saturated rings. The first-order valence-electron chi connectivity index (χ1n) is 8.65. The minimum absolute atomic E-state index is 0.112. The van der Waals surface area contributed by atoms with Gasteiger partial charge in [-0.2, -0.15) is 18.3 Å². The van der Waals surface area contributed by atoms with Gasteiger partial charge in [0.25, 0.3) is 0 Å². The number of rotatable bonds is 6. The molecule has 0 aliphatic carbocycles. The fraction of sp³-hybridized carbons (Fsp3) is 0.263. The molecule has 160 valence electrons. The van der Waals surface area contributed by atoms with Gasteiger partial charge in [-0.05, 0) is 52.7 Å². The molecule has 0 amide bonds. The first-order valence-corrected chi connectivity index (χ1v) is 11.8. The van der Waals surface area contributed by atoms with E-state index in [1.54, 1.807) is 43.5 Å². The van der Waals surface area contributed by atoms with Crippen molar-refractivity contribution in [3.63, 3.8) is 0 Å². The summed E-state index contributed by atoms with van der Waals surface area (Å²) in [7, 11) is -1.16. The molecule has 1 atom stereocenters. The van der Waals surface area contributed by atoms with E-state index in [0.717, 1.165) is 15.1 Å². The molecule has 0 saturated carbocycles. The lowest BCUT2D eigenvalue weighted by molar-refractivity contribution is -0.146. The van der Waals surface area contributed by atoms with Crippen molar-refractivity contribution in [3.05, 3.63) is 46.6 Å². The van der Waals surface area contributed by atoms with Crippen LogP contribution in [0.5, 0.6) is 0 Å². The molecule has 0 spiro atoms. The van der Waals surface area contributed by atoms with Gasteiger partial charge in [0.1, 0.15) is 6.54 Å². The molecule has 3 aromatic rings. The highest BCUT2D eigenvalue weighted by molar-refractivity contribution is 9.10. The Balaban J connectivity index is 2.07. The summed E-state index contributed by atoms with van der Waals surface area (Å²) >= 11 is 4.25. The van der Waals surface area contributed by atoms with E-state index in [-0.39, 0.29) is 16.8 Å². The van der Waals surface area contributed by atoms with E-state index < -0.39 is 35.2 Å². The molecule has 0 bridgehead atoms. The lowest BCUT2D eigenvalue weighted by atomic mass is 10.2. The number of carbonyl (C=O) groups excluding carboxylic acids is 1. The fourth-order valence-electron chi connectivity index (χ4n) is 2.75. The predicted molar refractivity (Wildman–Crippen MR) is 113 cm³/mol. The standard InChI is InChI=1S/C19H16BrF3N2O3S2/c1-3-28-15(26)10-25-17(16(20)18(24-25)19(21,22)23)14-8-7-13(29-14)11-5-4-6-12(9-11)30(2)27/h4-9H,3,10H2,1-2H3. The number of ether oxygens (including phenoxy) is 1. The highest BCUT2D eigenvalue weighted by Crippen LogP contribution is 2.43. The van der Waals surface area contributed by atoms with Crippen molar-refractivity contribution in [2.75, 3.05) is 12.9 Å². The van der Waals surface area contributed by atoms with Crippen LogP contribution in [0.3, 0.4) is 0 Å². The van der Waals surface area contributed by atoms with Crippen LogP contribution in [-0.2, 0) is 33.1 Å². The number of thiophene rings is 1. The Bertz CT molecular complexity index is 1110. The fourth-order valence-corrected chi connectivity index (χ4v) is 5.22. The molecule has 0 saturated heterocycles. The normalized spacial score (nSPS) is 12.7. The van der Waals surface area contributed by atoms with Gasteiger partial charge in [0.15, 0.2) is 5.69 Å². The van der Waals surface area contributed by atoms with E-state index in [2.05, 4.69) is 21.0 Å². The summed E-state index contributed by atoms with van der Waals surface area (Å²) in [5.74, 6) is -0.683. The van der Waals surface area contributed by atoms with Crippen molar-refractivity contribution < 1.29 is 26.9 Å². The smallest absolute Gasteiger partial charge is 0.436 e. The maximum atomic E-state index is 13.4. The summed E-state index contributed by atoms with van der Waals surface area (Å²) in [5, 5.41) is 3.61. The molecule has 2 aromatic heterocycles. The molecule has 2 heterocycles. The summed E-state index contributed by atoms with van der Waals surface area (Å²) in [5.41, 5.74) is -0.176. The second-order valence-corrected chi connectivity index (χ2v) is 9.37. The molecule has 0 aliphatic rings. The number of alkyl halides is 3. The SMILES string of the molecule is CCOC(=O)Cn1nc(C(F)(F)F)c(Br)c1-c1ccc(-c2cccc(S(C)=O)c2)s1. The van der Waals surface area contributed by atoms with Crippen LogP contribution in [0, 0.1) is 0 Å². The highest BCUT2D eigenvalue weighted by atomic mass is 79.9. The summed E-state index contributed by atoms with van der Waals surface area (Å²) in [6, 6.07) is 10.6. The zero-order chi connectivity index (χ0) is 22.1. The molecule has 5 nitrogen and oxygen atoms in total. The molecular formula is C19H16BrF3N2O3S2. The van der Waals surface area contributed by atoms with Gasteiger partial charge in [0.2, 0.25) is 0 Å². The molecule has 0 N–H and O–H groups in total. The minimum Gasteiger partial charge on any atom is -0.465 e. The Hall–Kier alpha value is -1.98. The number of aromatic nitrogens is 2. The van der Waals surface area contributed by atoms with Gasteiger partial charge < -0.3 is 4.74 Å². The van der Waals surface area contributed by atoms with Gasteiger partial charge in [-0.3, -0.25) is 13.7 Å². The number of esters is 1. The van der Waals surface area contributed by atoms with E-state index in [1.807, 2.05) is 6.07 Å². The molecule has 1 unspecified atom stereocenters. The van der Waals surface area contributed by atoms with E-state index in [9.17, 15) is 22.2 Å². The third kappa shape index (κ3) is 4.84. The van der Waals surface area contributed by atoms with Gasteiger partial charge in [0, 0.05) is 26.8 Å². The van der Waals surface area contributed by atoms with Crippen LogP contribution in [-0.4, -0.2) is 32.8 Å². The Morgan fingerprint density at radius 3 is 2.60 bits per heavy atom. The second-order valence-electron chi connectivity index (χ2n) is 6.12. The van der Waals surface area contributed by atoms with Crippen molar-refractivity contribution in [2.45, 2.75) is 24.5 Å². The summed E-state index contributed by atoms with van der Waals surface area (Å²) < 4.78 is 57.5. The average molecular weight is 521 g/mol. The van der Waals surface area contributed by atoms with E-state index in [1.165, 1.54) is 11.3 Å². The molecule has 1 aromatic carbocycles. The van der Waals surface area contributed by atoms with Crippen LogP contribution in [0.15, 0.2) is 45.8 Å². The Morgan fingerprint density at radius 1 is 1.27 bits per heavy atom. The minimum atomic E-state index is -4.69. The van der Waals surface area contributed by atoms with Crippen LogP contribution in [0.25, 0.3) is 21.0 Å². The first-order chi connectivity index (χ1) is 14.1. The monoisotopic (exact) mass is 520 g/mol. The maximum Gasteiger partial charge on any atom is 0.436 e. The van der Waals surface area contributed by atoms with Gasteiger partial charge >= 0.3 is 12.1 Å². The average Bonchev–Trinajstić information content (AvgIpc) is 3.26. The van der Waals surface area contributed by atoms with Crippen molar-refractivity contribution in [1.82, 2.24) is 9.78 Å². The van der Waals surface area contributed by atoms with Crippen LogP contribution in [0.2, 0.25) is 0 Å². The van der Waals surface area contributed by atoms with Gasteiger partial charge in [-0.25, -0.2) is 0 Å². The number of benzene rings is 1. The number of carbonyl (C=O) groups is 1. The Morgan fingerprint density at radius 2 is 1.97 bits per heavy atom. The lowest BCUT2D eigenvalue weighted by Gasteiger charge is -2.06. The van der Waals surface area contributed by atoms with Crippen molar-refractivity contribution in [1.29, 1.82) is 0 Å². The number of hydrogen-bond donors (Lipinski definition) is 0. The highest BCUT2D eigenvalue weighted by Gasteiger charge is 2.39. The van der Waals surface area contributed by atoms with Crippen LogP contribution >= 0.6 is 27.3 Å². The molecule has 3 rings (SSSR count). The van der Waals surface area contributed by atoms with Crippen LogP contribution in [0.4, 0.5) is 13.2 Å². The van der Waals surface area contributed by atoms with Gasteiger partial charge in [-0.15, -0.1) is 11.3 Å². The number of nitrogens with zero attached hydrogens (tertiary/aromatic N) is 2. The molecule has 11 heteroatoms. The van der Waals surface area contributed by atoms with E-state index >= 15 is 0 Å². The number of hydrogen-bond acceptors (Lipinski definition) is 5. The lowest BCUT2D eigenvalue weighted by Crippen LogP contribution is -2.16. The third-order valence-corrected chi connectivity index (χ3v) is 6.85. The maximum absolute atomic E-state index is 13.4. The Labute approximate surface area is 185 Å². The topological polar surface area (TPSA) is 61.2 Å². The largest absolute Gasteiger partial charge is 0.465 e. The van der Waals surface area contributed by atoms with E-state index in [4.69, 9.17) is 4.74 Å². The first kappa shape index (κ1) is 22.7. The van der Waals surface area contributed by atoms with Crippen molar-refractivity contribution >= 4 is 44.0 Å². The predicted octanol–water partition coefficient (Wildman–Crippen LogP) is 5.36. The third-order valence-electron chi connectivity index (χ3n) is 4.04. The zero-order valence-corrected chi connectivity index (χ0v) is 19.0.